The van der Waals surface area contributed by atoms with Crippen molar-refractivity contribution in [2.24, 2.45) is 0 Å². The summed E-state index contributed by atoms with van der Waals surface area (Å²) in [5.74, 6) is 1.21. The number of carbonyl (C=O) groups excluding carboxylic acids is 1. The second kappa shape index (κ2) is 5.05. The summed E-state index contributed by atoms with van der Waals surface area (Å²) in [6, 6.07) is 1.09. The van der Waals surface area contributed by atoms with Gasteiger partial charge < -0.3 is 14.5 Å². The number of carbonyl (C=O) groups is 1. The summed E-state index contributed by atoms with van der Waals surface area (Å²) in [5, 5.41) is 14.1. The van der Waals surface area contributed by atoms with Crippen molar-refractivity contribution in [3.8, 4) is 0 Å². The second-order valence-electron chi connectivity index (χ2n) is 5.01. The molecule has 1 fully saturated rings. The fourth-order valence-corrected chi connectivity index (χ4v) is 2.15. The number of anilines is 1. The molecular formula is C13H19N3O3. The number of hydrogen-bond donors (Lipinski definition) is 1. The SMILES string of the molecule is C=CCC1C(O)N(c2cc(C(C)C)on2)C(=O)N1C. The van der Waals surface area contributed by atoms with Gasteiger partial charge >= 0.3 is 6.03 Å². The van der Waals surface area contributed by atoms with E-state index < -0.39 is 6.23 Å². The van der Waals surface area contributed by atoms with E-state index in [1.54, 1.807) is 19.2 Å². The van der Waals surface area contributed by atoms with Crippen molar-refractivity contribution in [2.45, 2.75) is 38.5 Å². The first-order chi connectivity index (χ1) is 8.97. The Kier molecular flexibility index (Phi) is 3.61. The second-order valence-corrected chi connectivity index (χ2v) is 5.01. The summed E-state index contributed by atoms with van der Waals surface area (Å²) in [5.41, 5.74) is 0. The van der Waals surface area contributed by atoms with Gasteiger partial charge in [-0.05, 0) is 6.42 Å². The first kappa shape index (κ1) is 13.6. The average Bonchev–Trinajstić information content (AvgIpc) is 2.90. The molecule has 0 aliphatic carbocycles. The van der Waals surface area contributed by atoms with Gasteiger partial charge in [-0.2, -0.15) is 0 Å². The van der Waals surface area contributed by atoms with E-state index in [4.69, 9.17) is 4.52 Å². The lowest BCUT2D eigenvalue weighted by molar-refractivity contribution is 0.129. The number of rotatable bonds is 4. The number of hydrogen-bond acceptors (Lipinski definition) is 4. The fraction of sp³-hybridized carbons (Fsp3) is 0.538. The molecule has 2 atom stereocenters. The molecular weight excluding hydrogens is 246 g/mol. The van der Waals surface area contributed by atoms with Crippen LogP contribution in [0.5, 0.6) is 0 Å². The summed E-state index contributed by atoms with van der Waals surface area (Å²) in [4.78, 5) is 14.9. The first-order valence-electron chi connectivity index (χ1n) is 6.29. The molecule has 0 saturated carbocycles. The van der Waals surface area contributed by atoms with Crippen LogP contribution in [0, 0.1) is 0 Å². The largest absolute Gasteiger partial charge is 0.371 e. The van der Waals surface area contributed by atoms with E-state index in [0.717, 1.165) is 0 Å². The molecule has 0 bridgehead atoms. The minimum absolute atomic E-state index is 0.179. The number of aliphatic hydroxyl groups excluding tert-OH is 1. The normalized spacial score (nSPS) is 23.5. The van der Waals surface area contributed by atoms with Crippen LogP contribution in [0.4, 0.5) is 10.6 Å². The lowest BCUT2D eigenvalue weighted by atomic mass is 10.1. The minimum atomic E-state index is -0.944. The van der Waals surface area contributed by atoms with Crippen LogP contribution in [0.25, 0.3) is 0 Å². The maximum atomic E-state index is 12.2. The van der Waals surface area contributed by atoms with Crippen molar-refractivity contribution in [3.05, 3.63) is 24.5 Å². The molecule has 1 aromatic heterocycles. The predicted molar refractivity (Wildman–Crippen MR) is 70.8 cm³/mol. The molecule has 6 heteroatoms. The van der Waals surface area contributed by atoms with Crippen LogP contribution < -0.4 is 4.90 Å². The zero-order chi connectivity index (χ0) is 14.2. The summed E-state index contributed by atoms with van der Waals surface area (Å²) >= 11 is 0. The fourth-order valence-electron chi connectivity index (χ4n) is 2.15. The van der Waals surface area contributed by atoms with Crippen molar-refractivity contribution < 1.29 is 14.4 Å². The highest BCUT2D eigenvalue weighted by Crippen LogP contribution is 2.29. The predicted octanol–water partition coefficient (Wildman–Crippen LogP) is 1.93. The number of amides is 2. The maximum Gasteiger partial charge on any atom is 0.328 e. The van der Waals surface area contributed by atoms with E-state index in [1.165, 1.54) is 9.80 Å². The third-order valence-corrected chi connectivity index (χ3v) is 3.35. The number of likely N-dealkylation sites (N-methyl/N-ethyl adjacent to an activating group) is 1. The van der Waals surface area contributed by atoms with Crippen molar-refractivity contribution in [3.63, 3.8) is 0 Å². The van der Waals surface area contributed by atoms with E-state index in [1.807, 2.05) is 13.8 Å². The quantitative estimate of drug-likeness (QED) is 0.844. The molecule has 2 unspecified atom stereocenters. The van der Waals surface area contributed by atoms with Crippen LogP contribution in [0.2, 0.25) is 0 Å². The molecule has 104 valence electrons. The standard InChI is InChI=1S/C13H19N3O3/c1-5-6-9-12(17)16(13(18)15(9)4)11-7-10(8(2)3)19-14-11/h5,7-9,12,17H,1,6H2,2-4H3. The van der Waals surface area contributed by atoms with Crippen molar-refractivity contribution in [1.29, 1.82) is 0 Å². The van der Waals surface area contributed by atoms with Gasteiger partial charge in [0.15, 0.2) is 12.0 Å². The molecule has 1 aliphatic rings. The lowest BCUT2D eigenvalue weighted by Crippen LogP contribution is -2.36. The monoisotopic (exact) mass is 265 g/mol. The van der Waals surface area contributed by atoms with Gasteiger partial charge in [-0.1, -0.05) is 25.1 Å². The Bertz CT molecular complexity index is 483. The summed E-state index contributed by atoms with van der Waals surface area (Å²) in [7, 11) is 1.66. The highest BCUT2D eigenvalue weighted by Gasteiger charge is 2.44. The number of aliphatic hydroxyl groups is 1. The molecule has 1 N–H and O–H groups in total. The Morgan fingerprint density at radius 1 is 1.63 bits per heavy atom. The zero-order valence-electron chi connectivity index (χ0n) is 11.4. The third-order valence-electron chi connectivity index (χ3n) is 3.35. The molecule has 2 heterocycles. The molecule has 1 aromatic rings. The van der Waals surface area contributed by atoms with Gasteiger partial charge in [0.25, 0.3) is 0 Å². The molecule has 6 nitrogen and oxygen atoms in total. The molecule has 2 rings (SSSR count). The third kappa shape index (κ3) is 2.23. The van der Waals surface area contributed by atoms with Gasteiger partial charge in [0, 0.05) is 19.0 Å². The van der Waals surface area contributed by atoms with Crippen LogP contribution in [-0.4, -0.2) is 40.5 Å². The van der Waals surface area contributed by atoms with Crippen LogP contribution in [0.15, 0.2) is 23.2 Å². The molecule has 0 spiro atoms. The maximum absolute atomic E-state index is 12.2. The van der Waals surface area contributed by atoms with E-state index in [2.05, 4.69) is 11.7 Å². The number of nitrogens with zero attached hydrogens (tertiary/aromatic N) is 3. The topological polar surface area (TPSA) is 69.8 Å². The summed E-state index contributed by atoms with van der Waals surface area (Å²) in [6.07, 6.45) is 1.26. The summed E-state index contributed by atoms with van der Waals surface area (Å²) in [6.45, 7) is 7.58. The Morgan fingerprint density at radius 3 is 2.84 bits per heavy atom. The average molecular weight is 265 g/mol. The zero-order valence-corrected chi connectivity index (χ0v) is 11.4. The van der Waals surface area contributed by atoms with Gasteiger partial charge in [-0.25, -0.2) is 9.69 Å². The van der Waals surface area contributed by atoms with Crippen molar-refractivity contribution in [1.82, 2.24) is 10.1 Å². The Hall–Kier alpha value is -1.82. The Labute approximate surface area is 112 Å². The molecule has 0 aromatic carbocycles. The summed E-state index contributed by atoms with van der Waals surface area (Å²) < 4.78 is 5.17. The number of urea groups is 1. The van der Waals surface area contributed by atoms with E-state index in [9.17, 15) is 9.90 Å². The van der Waals surface area contributed by atoms with E-state index in [-0.39, 0.29) is 18.0 Å². The molecule has 0 radical (unpaired) electrons. The Balaban J connectivity index is 2.28. The van der Waals surface area contributed by atoms with Crippen LogP contribution >= 0.6 is 0 Å². The van der Waals surface area contributed by atoms with Gasteiger partial charge in [-0.15, -0.1) is 6.58 Å². The molecule has 2 amide bonds. The van der Waals surface area contributed by atoms with Crippen molar-refractivity contribution in [2.75, 3.05) is 11.9 Å². The van der Waals surface area contributed by atoms with Crippen LogP contribution in [0.3, 0.4) is 0 Å². The van der Waals surface area contributed by atoms with E-state index in [0.29, 0.717) is 18.0 Å². The Morgan fingerprint density at radius 2 is 2.32 bits per heavy atom. The van der Waals surface area contributed by atoms with E-state index >= 15 is 0 Å². The number of aromatic nitrogens is 1. The van der Waals surface area contributed by atoms with Gasteiger partial charge in [-0.3, -0.25) is 0 Å². The highest BCUT2D eigenvalue weighted by molar-refractivity contribution is 5.94. The van der Waals surface area contributed by atoms with Gasteiger partial charge in [0.05, 0.1) is 6.04 Å². The van der Waals surface area contributed by atoms with Crippen LogP contribution in [0.1, 0.15) is 31.9 Å². The smallest absolute Gasteiger partial charge is 0.328 e. The van der Waals surface area contributed by atoms with Crippen LogP contribution in [-0.2, 0) is 0 Å². The van der Waals surface area contributed by atoms with Gasteiger partial charge in [0.2, 0.25) is 0 Å². The van der Waals surface area contributed by atoms with Gasteiger partial charge in [0.1, 0.15) is 5.76 Å². The van der Waals surface area contributed by atoms with Crippen molar-refractivity contribution >= 4 is 11.8 Å². The first-order valence-corrected chi connectivity index (χ1v) is 6.29. The highest BCUT2D eigenvalue weighted by atomic mass is 16.5. The molecule has 1 aliphatic heterocycles. The molecule has 1 saturated heterocycles. The molecule has 19 heavy (non-hydrogen) atoms. The lowest BCUT2D eigenvalue weighted by Gasteiger charge is -2.19. The minimum Gasteiger partial charge on any atom is -0.371 e.